The van der Waals surface area contributed by atoms with E-state index in [1.165, 1.54) is 0 Å². The molecule has 1 aliphatic carbocycles. The first kappa shape index (κ1) is 16.6. The summed E-state index contributed by atoms with van der Waals surface area (Å²) < 4.78 is 0. The minimum absolute atomic E-state index is 0.189. The highest BCUT2D eigenvalue weighted by molar-refractivity contribution is 6.08. The van der Waals surface area contributed by atoms with Gasteiger partial charge in [0.15, 0.2) is 0 Å². The van der Waals surface area contributed by atoms with Crippen LogP contribution in [-0.4, -0.2) is 37.4 Å². The fourth-order valence-corrected chi connectivity index (χ4v) is 3.39. The molecule has 2 amide bonds. The average Bonchev–Trinajstić information content (AvgIpc) is 3.41. The smallest absolute Gasteiger partial charge is 0.259 e. The molecule has 2 heterocycles. The minimum atomic E-state index is -0.189. The van der Waals surface area contributed by atoms with Gasteiger partial charge in [-0.3, -0.25) is 9.59 Å². The molecule has 2 aliphatic rings. The van der Waals surface area contributed by atoms with Crippen molar-refractivity contribution >= 4 is 29.0 Å². The molecule has 1 aliphatic heterocycles. The van der Waals surface area contributed by atoms with Crippen molar-refractivity contribution in [2.45, 2.75) is 19.3 Å². The molecular weight excluding hydrogens is 328 g/mol. The molecule has 0 saturated heterocycles. The van der Waals surface area contributed by atoms with Crippen LogP contribution in [0, 0.1) is 5.92 Å². The number of amides is 2. The first-order chi connectivity index (χ1) is 12.5. The molecule has 0 unspecified atom stereocenters. The number of pyridine rings is 1. The van der Waals surface area contributed by atoms with E-state index in [1.807, 2.05) is 42.1 Å². The van der Waals surface area contributed by atoms with E-state index in [9.17, 15) is 9.59 Å². The number of anilines is 3. The zero-order valence-corrected chi connectivity index (χ0v) is 15.0. The van der Waals surface area contributed by atoms with E-state index in [0.29, 0.717) is 11.4 Å². The second-order valence-electron chi connectivity index (χ2n) is 7.08. The normalized spacial score (nSPS) is 15.5. The Balaban J connectivity index is 1.53. The van der Waals surface area contributed by atoms with Crippen molar-refractivity contribution in [2.24, 2.45) is 5.92 Å². The number of aromatic nitrogens is 1. The van der Waals surface area contributed by atoms with Crippen LogP contribution in [0.1, 0.15) is 28.8 Å². The van der Waals surface area contributed by atoms with Gasteiger partial charge < -0.3 is 15.1 Å². The summed E-state index contributed by atoms with van der Waals surface area (Å²) in [7, 11) is 3.72. The van der Waals surface area contributed by atoms with Gasteiger partial charge in [-0.2, -0.15) is 0 Å². The first-order valence-electron chi connectivity index (χ1n) is 8.92. The molecule has 0 spiro atoms. The topological polar surface area (TPSA) is 65.5 Å². The number of fused-ring (bicyclic) bond motifs is 1. The number of carbonyl (C=O) groups is 2. The van der Waals surface area contributed by atoms with Crippen molar-refractivity contribution in [1.29, 1.82) is 0 Å². The molecule has 1 fully saturated rings. The monoisotopic (exact) mass is 350 g/mol. The SMILES string of the molecule is CN(C)c1ncccc1C(=O)Nc1ccc2c(c1)CCN2C(=O)C1CC1. The number of carbonyl (C=O) groups excluding carboxylic acids is 2. The van der Waals surface area contributed by atoms with Crippen LogP contribution >= 0.6 is 0 Å². The van der Waals surface area contributed by atoms with Crippen molar-refractivity contribution in [3.63, 3.8) is 0 Å². The van der Waals surface area contributed by atoms with Gasteiger partial charge in [-0.15, -0.1) is 0 Å². The van der Waals surface area contributed by atoms with E-state index in [0.717, 1.165) is 42.7 Å². The Labute approximate surface area is 152 Å². The third kappa shape index (κ3) is 3.03. The molecule has 1 N–H and O–H groups in total. The average molecular weight is 350 g/mol. The molecule has 0 atom stereocenters. The molecule has 4 rings (SSSR count). The highest BCUT2D eigenvalue weighted by Crippen LogP contribution is 2.37. The molecular formula is C20H22N4O2. The van der Waals surface area contributed by atoms with E-state index >= 15 is 0 Å². The predicted octanol–water partition coefficient (Wildman–Crippen LogP) is 2.70. The van der Waals surface area contributed by atoms with Gasteiger partial charge >= 0.3 is 0 Å². The van der Waals surface area contributed by atoms with Crippen LogP contribution in [0.2, 0.25) is 0 Å². The molecule has 2 aromatic rings. The Hall–Kier alpha value is -2.89. The fourth-order valence-electron chi connectivity index (χ4n) is 3.39. The maximum atomic E-state index is 12.7. The molecule has 1 aromatic heterocycles. The van der Waals surface area contributed by atoms with Gasteiger partial charge in [-0.1, -0.05) is 0 Å². The summed E-state index contributed by atoms with van der Waals surface area (Å²) in [6.07, 6.45) is 4.52. The lowest BCUT2D eigenvalue weighted by atomic mass is 10.1. The first-order valence-corrected chi connectivity index (χ1v) is 8.92. The zero-order chi connectivity index (χ0) is 18.3. The van der Waals surface area contributed by atoms with E-state index in [2.05, 4.69) is 10.3 Å². The van der Waals surface area contributed by atoms with Gasteiger partial charge in [0.2, 0.25) is 5.91 Å². The second-order valence-corrected chi connectivity index (χ2v) is 7.08. The number of hydrogen-bond donors (Lipinski definition) is 1. The van der Waals surface area contributed by atoms with Crippen LogP contribution in [0.4, 0.5) is 17.2 Å². The molecule has 1 aromatic carbocycles. The Morgan fingerprint density at radius 3 is 2.77 bits per heavy atom. The lowest BCUT2D eigenvalue weighted by Crippen LogP contribution is -2.30. The summed E-state index contributed by atoms with van der Waals surface area (Å²) in [5.74, 6) is 0.903. The fraction of sp³-hybridized carbons (Fsp3) is 0.350. The third-order valence-corrected chi connectivity index (χ3v) is 4.88. The number of hydrogen-bond acceptors (Lipinski definition) is 4. The quantitative estimate of drug-likeness (QED) is 0.921. The molecule has 134 valence electrons. The molecule has 0 radical (unpaired) electrons. The Bertz CT molecular complexity index is 874. The molecule has 1 saturated carbocycles. The van der Waals surface area contributed by atoms with E-state index in [-0.39, 0.29) is 17.7 Å². The van der Waals surface area contributed by atoms with Gasteiger partial charge in [0.25, 0.3) is 5.91 Å². The predicted molar refractivity (Wildman–Crippen MR) is 102 cm³/mol. The Morgan fingerprint density at radius 2 is 2.04 bits per heavy atom. The molecule has 6 heteroatoms. The summed E-state index contributed by atoms with van der Waals surface area (Å²) in [4.78, 5) is 33.0. The molecule has 6 nitrogen and oxygen atoms in total. The van der Waals surface area contributed by atoms with Crippen molar-refractivity contribution in [3.05, 3.63) is 47.7 Å². The zero-order valence-electron chi connectivity index (χ0n) is 15.0. The van der Waals surface area contributed by atoms with Crippen molar-refractivity contribution in [2.75, 3.05) is 35.8 Å². The van der Waals surface area contributed by atoms with Crippen LogP contribution in [0.15, 0.2) is 36.5 Å². The van der Waals surface area contributed by atoms with Crippen LogP contribution in [0.5, 0.6) is 0 Å². The van der Waals surface area contributed by atoms with Gasteiger partial charge in [-0.25, -0.2) is 4.98 Å². The largest absolute Gasteiger partial charge is 0.362 e. The van der Waals surface area contributed by atoms with Crippen LogP contribution in [0.25, 0.3) is 0 Å². The van der Waals surface area contributed by atoms with Crippen molar-refractivity contribution < 1.29 is 9.59 Å². The van der Waals surface area contributed by atoms with E-state index in [1.54, 1.807) is 18.3 Å². The molecule has 26 heavy (non-hydrogen) atoms. The van der Waals surface area contributed by atoms with Gasteiger partial charge in [0.1, 0.15) is 5.82 Å². The third-order valence-electron chi connectivity index (χ3n) is 4.88. The summed E-state index contributed by atoms with van der Waals surface area (Å²) in [6, 6.07) is 9.29. The summed E-state index contributed by atoms with van der Waals surface area (Å²) in [5.41, 5.74) is 3.36. The van der Waals surface area contributed by atoms with Gasteiger partial charge in [-0.05, 0) is 55.2 Å². The van der Waals surface area contributed by atoms with Gasteiger partial charge in [0.05, 0.1) is 5.56 Å². The number of rotatable bonds is 4. The lowest BCUT2D eigenvalue weighted by molar-refractivity contribution is -0.119. The minimum Gasteiger partial charge on any atom is -0.362 e. The van der Waals surface area contributed by atoms with Crippen molar-refractivity contribution in [1.82, 2.24) is 4.98 Å². The number of nitrogens with one attached hydrogen (secondary N) is 1. The lowest BCUT2D eigenvalue weighted by Gasteiger charge is -2.18. The van der Waals surface area contributed by atoms with Crippen LogP contribution in [0.3, 0.4) is 0 Å². The highest BCUT2D eigenvalue weighted by atomic mass is 16.2. The number of benzene rings is 1. The second kappa shape index (κ2) is 6.44. The number of nitrogens with zero attached hydrogens (tertiary/aromatic N) is 3. The summed E-state index contributed by atoms with van der Waals surface area (Å²) in [5, 5.41) is 2.95. The summed E-state index contributed by atoms with van der Waals surface area (Å²) in [6.45, 7) is 0.732. The van der Waals surface area contributed by atoms with Crippen LogP contribution in [-0.2, 0) is 11.2 Å². The summed E-state index contributed by atoms with van der Waals surface area (Å²) >= 11 is 0. The molecule has 0 bridgehead atoms. The van der Waals surface area contributed by atoms with E-state index < -0.39 is 0 Å². The maximum absolute atomic E-state index is 12.7. The Kier molecular flexibility index (Phi) is 4.11. The Morgan fingerprint density at radius 1 is 1.23 bits per heavy atom. The van der Waals surface area contributed by atoms with Gasteiger partial charge in [0, 0.05) is 44.1 Å². The standard InChI is InChI=1S/C20H22N4O2/c1-23(2)18-16(4-3-10-21-18)19(25)22-15-7-8-17-14(12-15)9-11-24(17)20(26)13-5-6-13/h3-4,7-8,10,12-13H,5-6,9,11H2,1-2H3,(H,22,25). The maximum Gasteiger partial charge on any atom is 0.259 e. The van der Waals surface area contributed by atoms with E-state index in [4.69, 9.17) is 0 Å². The van der Waals surface area contributed by atoms with Crippen LogP contribution < -0.4 is 15.1 Å². The van der Waals surface area contributed by atoms with Crippen molar-refractivity contribution in [3.8, 4) is 0 Å². The highest BCUT2D eigenvalue weighted by Gasteiger charge is 2.36.